The fourth-order valence-electron chi connectivity index (χ4n) is 2.66. The van der Waals surface area contributed by atoms with Crippen LogP contribution in [0.5, 0.6) is 0 Å². The maximum Gasteiger partial charge on any atom is 0.253 e. The Hall–Kier alpha value is -0.870. The lowest BCUT2D eigenvalue weighted by atomic mass is 10.0. The number of aliphatic hydroxyl groups is 1. The summed E-state index contributed by atoms with van der Waals surface area (Å²) < 4.78 is 1.01. The minimum atomic E-state index is -0.248. The number of aliphatic hydroxyl groups excluding tert-OH is 1. The van der Waals surface area contributed by atoms with E-state index in [4.69, 9.17) is 0 Å². The van der Waals surface area contributed by atoms with Gasteiger partial charge in [0.15, 0.2) is 0 Å². The Kier molecular flexibility index (Phi) is 4.63. The number of hydrogen-bond donors (Lipinski definition) is 1. The fraction of sp³-hybridized carbons (Fsp3) is 0.533. The van der Waals surface area contributed by atoms with Gasteiger partial charge < -0.3 is 10.0 Å². The van der Waals surface area contributed by atoms with Crippen molar-refractivity contribution < 1.29 is 9.90 Å². The topological polar surface area (TPSA) is 40.5 Å². The average Bonchev–Trinajstić information content (AvgIpc) is 2.77. The summed E-state index contributed by atoms with van der Waals surface area (Å²) in [4.78, 5) is 14.1. The predicted molar refractivity (Wildman–Crippen MR) is 79.2 cm³/mol. The van der Waals surface area contributed by atoms with E-state index in [9.17, 15) is 9.90 Å². The largest absolute Gasteiger partial charge is 0.393 e. The number of nitrogens with zero attached hydrogens (tertiary/aromatic N) is 1. The van der Waals surface area contributed by atoms with E-state index in [2.05, 4.69) is 15.9 Å². The summed E-state index contributed by atoms with van der Waals surface area (Å²) in [6.07, 6.45) is 2.69. The van der Waals surface area contributed by atoms with Crippen molar-refractivity contribution >= 4 is 21.8 Å². The third kappa shape index (κ3) is 3.37. The van der Waals surface area contributed by atoms with Crippen LogP contribution in [-0.2, 0) is 0 Å². The quantitative estimate of drug-likeness (QED) is 0.928. The lowest BCUT2D eigenvalue weighted by molar-refractivity contribution is 0.0693. The lowest BCUT2D eigenvalue weighted by Crippen LogP contribution is -2.34. The number of amides is 1. The van der Waals surface area contributed by atoms with Crippen molar-refractivity contribution in [1.82, 2.24) is 4.90 Å². The first kappa shape index (κ1) is 14.5. The Morgan fingerprint density at radius 3 is 2.79 bits per heavy atom. The second-order valence-electron chi connectivity index (χ2n) is 5.41. The van der Waals surface area contributed by atoms with E-state index in [1.54, 1.807) is 4.90 Å². The van der Waals surface area contributed by atoms with Crippen LogP contribution in [0.4, 0.5) is 0 Å². The van der Waals surface area contributed by atoms with Crippen molar-refractivity contribution in [2.24, 2.45) is 5.92 Å². The molecule has 0 radical (unpaired) electrons. The molecule has 2 atom stereocenters. The highest BCUT2D eigenvalue weighted by atomic mass is 79.9. The molecule has 19 heavy (non-hydrogen) atoms. The van der Waals surface area contributed by atoms with E-state index >= 15 is 0 Å². The molecule has 1 saturated carbocycles. The second-order valence-corrected chi connectivity index (χ2v) is 6.26. The normalized spacial score (nSPS) is 22.5. The van der Waals surface area contributed by atoms with Gasteiger partial charge >= 0.3 is 0 Å². The molecule has 2 rings (SSSR count). The summed E-state index contributed by atoms with van der Waals surface area (Å²) in [5.74, 6) is 0.250. The van der Waals surface area contributed by atoms with Gasteiger partial charge in [-0.15, -0.1) is 0 Å². The lowest BCUT2D eigenvalue weighted by Gasteiger charge is -2.23. The number of hydrogen-bond acceptors (Lipinski definition) is 2. The van der Waals surface area contributed by atoms with Crippen LogP contribution < -0.4 is 0 Å². The number of aryl methyl sites for hydroxylation is 1. The molecule has 2 unspecified atom stereocenters. The summed E-state index contributed by atoms with van der Waals surface area (Å²) in [6.45, 7) is 2.61. The number of halogens is 1. The molecule has 1 aliphatic carbocycles. The zero-order chi connectivity index (χ0) is 14.0. The monoisotopic (exact) mass is 325 g/mol. The summed E-state index contributed by atoms with van der Waals surface area (Å²) in [5.41, 5.74) is 1.76. The Morgan fingerprint density at radius 2 is 2.21 bits per heavy atom. The van der Waals surface area contributed by atoms with Gasteiger partial charge in [0.25, 0.3) is 5.91 Å². The smallest absolute Gasteiger partial charge is 0.253 e. The highest BCUT2D eigenvalue weighted by molar-refractivity contribution is 9.10. The Morgan fingerprint density at radius 1 is 1.47 bits per heavy atom. The molecule has 0 aromatic heterocycles. The maximum atomic E-state index is 12.3. The van der Waals surface area contributed by atoms with Crippen LogP contribution >= 0.6 is 15.9 Å². The van der Waals surface area contributed by atoms with Crippen molar-refractivity contribution in [3.63, 3.8) is 0 Å². The van der Waals surface area contributed by atoms with Crippen molar-refractivity contribution in [3.8, 4) is 0 Å². The van der Waals surface area contributed by atoms with Crippen molar-refractivity contribution in [3.05, 3.63) is 33.8 Å². The van der Waals surface area contributed by atoms with Gasteiger partial charge in [-0.3, -0.25) is 4.79 Å². The van der Waals surface area contributed by atoms with Gasteiger partial charge in [-0.1, -0.05) is 22.4 Å². The molecule has 0 aliphatic heterocycles. The van der Waals surface area contributed by atoms with Crippen molar-refractivity contribution in [1.29, 1.82) is 0 Å². The first-order valence-electron chi connectivity index (χ1n) is 6.68. The third-order valence-corrected chi connectivity index (χ3v) is 4.77. The number of rotatable bonds is 3. The van der Waals surface area contributed by atoms with Gasteiger partial charge in [-0.2, -0.15) is 0 Å². The first-order chi connectivity index (χ1) is 8.99. The van der Waals surface area contributed by atoms with Crippen molar-refractivity contribution in [2.75, 3.05) is 13.6 Å². The predicted octanol–water partition coefficient (Wildman–Crippen LogP) is 2.99. The number of carbonyl (C=O) groups excluding carboxylic acids is 1. The molecule has 1 aliphatic rings. The Bertz CT molecular complexity index is 475. The molecule has 104 valence electrons. The van der Waals surface area contributed by atoms with Gasteiger partial charge in [-0.25, -0.2) is 0 Å². The minimum Gasteiger partial charge on any atom is -0.393 e. The summed E-state index contributed by atoms with van der Waals surface area (Å²) in [6, 6.07) is 5.63. The van der Waals surface area contributed by atoms with Crippen LogP contribution in [0.15, 0.2) is 22.7 Å². The van der Waals surface area contributed by atoms with Gasteiger partial charge in [-0.05, 0) is 43.5 Å². The minimum absolute atomic E-state index is 0.0229. The molecule has 0 heterocycles. The zero-order valence-electron chi connectivity index (χ0n) is 11.4. The first-order valence-corrected chi connectivity index (χ1v) is 7.48. The van der Waals surface area contributed by atoms with Crippen LogP contribution in [0.25, 0.3) is 0 Å². The van der Waals surface area contributed by atoms with Gasteiger partial charge in [0.1, 0.15) is 0 Å². The van der Waals surface area contributed by atoms with Crippen molar-refractivity contribution in [2.45, 2.75) is 32.3 Å². The van der Waals surface area contributed by atoms with Crippen LogP contribution in [0, 0.1) is 12.8 Å². The van der Waals surface area contributed by atoms with Gasteiger partial charge in [0.2, 0.25) is 0 Å². The average molecular weight is 326 g/mol. The highest BCUT2D eigenvalue weighted by Gasteiger charge is 2.27. The summed E-state index contributed by atoms with van der Waals surface area (Å²) in [5, 5.41) is 9.83. The number of benzene rings is 1. The number of carbonyl (C=O) groups is 1. The molecule has 1 aromatic rings. The molecule has 3 nitrogen and oxygen atoms in total. The molecular formula is C15H20BrNO2. The molecule has 1 amide bonds. The van der Waals surface area contributed by atoms with E-state index in [1.165, 1.54) is 0 Å². The summed E-state index contributed by atoms with van der Waals surface area (Å²) >= 11 is 3.44. The van der Waals surface area contributed by atoms with E-state index in [0.29, 0.717) is 12.1 Å². The molecule has 1 fully saturated rings. The highest BCUT2D eigenvalue weighted by Crippen LogP contribution is 2.26. The van der Waals surface area contributed by atoms with Crippen LogP contribution in [0.1, 0.15) is 35.2 Å². The molecule has 1 aromatic carbocycles. The molecule has 4 heteroatoms. The molecular weight excluding hydrogens is 306 g/mol. The Labute approximate surface area is 122 Å². The SMILES string of the molecule is Cc1cc(C(=O)N(C)CC2CCCC2O)ccc1Br. The molecule has 0 saturated heterocycles. The third-order valence-electron chi connectivity index (χ3n) is 3.88. The second kappa shape index (κ2) is 6.06. The fourth-order valence-corrected chi connectivity index (χ4v) is 2.91. The standard InChI is InChI=1S/C15H20BrNO2/c1-10-8-11(6-7-13(10)16)15(19)17(2)9-12-4-3-5-14(12)18/h6-8,12,14,18H,3-5,9H2,1-2H3. The molecule has 1 N–H and O–H groups in total. The van der Waals surface area contributed by atoms with E-state index in [-0.39, 0.29) is 17.9 Å². The van der Waals surface area contributed by atoms with Crippen LogP contribution in [0.3, 0.4) is 0 Å². The van der Waals surface area contributed by atoms with E-state index < -0.39 is 0 Å². The van der Waals surface area contributed by atoms with E-state index in [0.717, 1.165) is 29.3 Å². The van der Waals surface area contributed by atoms with Gasteiger partial charge in [0.05, 0.1) is 6.10 Å². The summed E-state index contributed by atoms with van der Waals surface area (Å²) in [7, 11) is 1.81. The van der Waals surface area contributed by atoms with Crippen LogP contribution in [-0.4, -0.2) is 35.6 Å². The van der Waals surface area contributed by atoms with Crippen LogP contribution in [0.2, 0.25) is 0 Å². The molecule has 0 spiro atoms. The van der Waals surface area contributed by atoms with E-state index in [1.807, 2.05) is 32.2 Å². The molecule has 0 bridgehead atoms. The zero-order valence-corrected chi connectivity index (χ0v) is 13.0. The maximum absolute atomic E-state index is 12.3. The van der Waals surface area contributed by atoms with Gasteiger partial charge in [0, 0.05) is 29.5 Å². The Balaban J connectivity index is 2.03.